The van der Waals surface area contributed by atoms with Gasteiger partial charge in [-0.15, -0.1) is 0 Å². The second-order valence-electron chi connectivity index (χ2n) is 7.00. The molecule has 1 aromatic rings. The second-order valence-corrected chi connectivity index (χ2v) is 7.00. The third-order valence-corrected chi connectivity index (χ3v) is 2.92. The van der Waals surface area contributed by atoms with Crippen molar-refractivity contribution >= 4 is 18.1 Å². The van der Waals surface area contributed by atoms with Crippen molar-refractivity contribution in [3.63, 3.8) is 0 Å². The Morgan fingerprint density at radius 3 is 2.50 bits per heavy atom. The van der Waals surface area contributed by atoms with Crippen LogP contribution in [0.25, 0.3) is 6.08 Å². The van der Waals surface area contributed by atoms with Crippen LogP contribution in [0.4, 0.5) is 4.79 Å². The van der Waals surface area contributed by atoms with Crippen molar-refractivity contribution in [2.75, 3.05) is 6.61 Å². The molecule has 0 unspecified atom stereocenters. The van der Waals surface area contributed by atoms with Crippen LogP contribution in [0.5, 0.6) is 0 Å². The van der Waals surface area contributed by atoms with Crippen LogP contribution in [-0.4, -0.2) is 30.4 Å². The van der Waals surface area contributed by atoms with Crippen molar-refractivity contribution in [2.45, 2.75) is 59.8 Å². The standard InChI is InChI=1S/C20H29NO5/c1-7-24-18(22)17(25-14(2)3)12-15-9-8-10-16(11-15)13-21-19(23)26-20(4,5)6/h8-12,14H,7,13H2,1-6H3,(H,21,23)/b17-12-. The minimum absolute atomic E-state index is 0.150. The van der Waals surface area contributed by atoms with Crippen LogP contribution in [0.1, 0.15) is 52.7 Å². The van der Waals surface area contributed by atoms with Crippen LogP contribution in [-0.2, 0) is 25.5 Å². The van der Waals surface area contributed by atoms with E-state index in [1.165, 1.54) is 0 Å². The summed E-state index contributed by atoms with van der Waals surface area (Å²) in [5, 5.41) is 2.71. The van der Waals surface area contributed by atoms with Crippen molar-refractivity contribution < 1.29 is 23.8 Å². The summed E-state index contributed by atoms with van der Waals surface area (Å²) < 4.78 is 15.8. The first-order chi connectivity index (χ1) is 12.1. The minimum Gasteiger partial charge on any atom is -0.484 e. The van der Waals surface area contributed by atoms with Gasteiger partial charge >= 0.3 is 12.1 Å². The van der Waals surface area contributed by atoms with E-state index >= 15 is 0 Å². The van der Waals surface area contributed by atoms with Crippen molar-refractivity contribution in [1.29, 1.82) is 0 Å². The SMILES string of the molecule is CCOC(=O)/C(=C/c1cccc(CNC(=O)OC(C)(C)C)c1)OC(C)C. The lowest BCUT2D eigenvalue weighted by Gasteiger charge is -2.19. The first-order valence-corrected chi connectivity index (χ1v) is 8.72. The van der Waals surface area contributed by atoms with E-state index in [0.29, 0.717) is 6.54 Å². The quantitative estimate of drug-likeness (QED) is 0.450. The van der Waals surface area contributed by atoms with Gasteiger partial charge in [0, 0.05) is 6.54 Å². The smallest absolute Gasteiger partial charge is 0.407 e. The number of carbonyl (C=O) groups excluding carboxylic acids is 2. The summed E-state index contributed by atoms with van der Waals surface area (Å²) in [6.07, 6.45) is 1.01. The molecule has 0 saturated carbocycles. The van der Waals surface area contributed by atoms with Gasteiger partial charge in [0.25, 0.3) is 0 Å². The van der Waals surface area contributed by atoms with Gasteiger partial charge in [-0.05, 0) is 64.8 Å². The number of esters is 1. The number of alkyl carbamates (subject to hydrolysis) is 1. The molecule has 6 nitrogen and oxygen atoms in total. The Kier molecular flexibility index (Phi) is 8.16. The van der Waals surface area contributed by atoms with Gasteiger partial charge < -0.3 is 19.5 Å². The Hall–Kier alpha value is -2.50. The topological polar surface area (TPSA) is 73.9 Å². The molecule has 1 aromatic carbocycles. The molecule has 26 heavy (non-hydrogen) atoms. The van der Waals surface area contributed by atoms with Crippen LogP contribution in [0, 0.1) is 0 Å². The van der Waals surface area contributed by atoms with Crippen LogP contribution < -0.4 is 5.32 Å². The molecule has 6 heteroatoms. The number of carbonyl (C=O) groups is 2. The van der Waals surface area contributed by atoms with E-state index in [0.717, 1.165) is 11.1 Å². The Balaban J connectivity index is 2.85. The van der Waals surface area contributed by atoms with Crippen molar-refractivity contribution in [3.8, 4) is 0 Å². The monoisotopic (exact) mass is 363 g/mol. The zero-order valence-electron chi connectivity index (χ0n) is 16.4. The lowest BCUT2D eigenvalue weighted by Crippen LogP contribution is -2.32. The highest BCUT2D eigenvalue weighted by Crippen LogP contribution is 2.14. The zero-order valence-corrected chi connectivity index (χ0v) is 16.4. The molecule has 0 atom stereocenters. The Labute approximate surface area is 155 Å². The Bertz CT molecular complexity index is 644. The Morgan fingerprint density at radius 2 is 1.92 bits per heavy atom. The lowest BCUT2D eigenvalue weighted by molar-refractivity contribution is -0.143. The van der Waals surface area contributed by atoms with Gasteiger partial charge in [-0.2, -0.15) is 0 Å². The molecule has 0 aliphatic carbocycles. The molecular weight excluding hydrogens is 334 g/mol. The van der Waals surface area contributed by atoms with Gasteiger partial charge in [0.2, 0.25) is 5.76 Å². The largest absolute Gasteiger partial charge is 0.484 e. The molecule has 0 spiro atoms. The van der Waals surface area contributed by atoms with Gasteiger partial charge in [-0.3, -0.25) is 0 Å². The molecule has 0 aliphatic rings. The first kappa shape index (κ1) is 21.5. The average Bonchev–Trinajstić information content (AvgIpc) is 2.51. The summed E-state index contributed by atoms with van der Waals surface area (Å²) in [6.45, 7) is 11.4. The Morgan fingerprint density at radius 1 is 1.23 bits per heavy atom. The van der Waals surface area contributed by atoms with E-state index in [4.69, 9.17) is 14.2 Å². The normalized spacial score (nSPS) is 11.9. The highest BCUT2D eigenvalue weighted by molar-refractivity contribution is 5.91. The number of amides is 1. The predicted molar refractivity (Wildman–Crippen MR) is 100 cm³/mol. The number of hydrogen-bond acceptors (Lipinski definition) is 5. The second kappa shape index (κ2) is 9.85. The summed E-state index contributed by atoms with van der Waals surface area (Å²) in [5.41, 5.74) is 1.10. The first-order valence-electron chi connectivity index (χ1n) is 8.72. The molecule has 1 N–H and O–H groups in total. The van der Waals surface area contributed by atoms with E-state index in [-0.39, 0.29) is 18.5 Å². The van der Waals surface area contributed by atoms with E-state index in [1.807, 2.05) is 58.9 Å². The highest BCUT2D eigenvalue weighted by Gasteiger charge is 2.16. The summed E-state index contributed by atoms with van der Waals surface area (Å²) >= 11 is 0. The molecule has 1 rings (SSSR count). The van der Waals surface area contributed by atoms with Crippen LogP contribution in [0.2, 0.25) is 0 Å². The van der Waals surface area contributed by atoms with Crippen LogP contribution in [0.3, 0.4) is 0 Å². The molecule has 0 fully saturated rings. The third kappa shape index (κ3) is 8.55. The maximum absolute atomic E-state index is 12.0. The van der Waals surface area contributed by atoms with Crippen LogP contribution >= 0.6 is 0 Å². The summed E-state index contributed by atoms with van der Waals surface area (Å²) in [5.74, 6) is -0.349. The molecule has 0 saturated heterocycles. The number of benzene rings is 1. The van der Waals surface area contributed by atoms with Gasteiger partial charge in [0.1, 0.15) is 5.60 Å². The number of rotatable bonds is 7. The molecule has 0 aliphatic heterocycles. The molecule has 0 aromatic heterocycles. The predicted octanol–water partition coefficient (Wildman–Crippen LogP) is 4.04. The summed E-state index contributed by atoms with van der Waals surface area (Å²) in [4.78, 5) is 23.8. The fraction of sp³-hybridized carbons (Fsp3) is 0.500. The van der Waals surface area contributed by atoms with Gasteiger partial charge in [-0.1, -0.05) is 18.2 Å². The molecule has 1 amide bonds. The van der Waals surface area contributed by atoms with E-state index in [1.54, 1.807) is 13.0 Å². The maximum atomic E-state index is 12.0. The van der Waals surface area contributed by atoms with Crippen molar-refractivity contribution in [3.05, 3.63) is 41.2 Å². The van der Waals surface area contributed by atoms with Gasteiger partial charge in [0.15, 0.2) is 0 Å². The molecule has 0 heterocycles. The fourth-order valence-corrected chi connectivity index (χ4v) is 2.03. The summed E-state index contributed by atoms with van der Waals surface area (Å²) in [7, 11) is 0. The molecular formula is C20H29NO5. The average molecular weight is 363 g/mol. The molecule has 0 bridgehead atoms. The number of nitrogens with one attached hydrogen (secondary N) is 1. The number of ether oxygens (including phenoxy) is 3. The zero-order chi connectivity index (χ0) is 19.7. The van der Waals surface area contributed by atoms with Gasteiger partial charge in [-0.25, -0.2) is 9.59 Å². The van der Waals surface area contributed by atoms with Gasteiger partial charge in [0.05, 0.1) is 12.7 Å². The molecule has 0 radical (unpaired) electrons. The lowest BCUT2D eigenvalue weighted by atomic mass is 10.1. The van der Waals surface area contributed by atoms with Crippen molar-refractivity contribution in [2.24, 2.45) is 0 Å². The highest BCUT2D eigenvalue weighted by atomic mass is 16.6. The maximum Gasteiger partial charge on any atom is 0.407 e. The van der Waals surface area contributed by atoms with E-state index in [9.17, 15) is 9.59 Å². The third-order valence-electron chi connectivity index (χ3n) is 2.92. The number of hydrogen-bond donors (Lipinski definition) is 1. The van der Waals surface area contributed by atoms with E-state index < -0.39 is 17.7 Å². The van der Waals surface area contributed by atoms with E-state index in [2.05, 4.69) is 5.32 Å². The summed E-state index contributed by atoms with van der Waals surface area (Å²) in [6, 6.07) is 7.43. The van der Waals surface area contributed by atoms with Crippen LogP contribution in [0.15, 0.2) is 30.0 Å². The fourth-order valence-electron chi connectivity index (χ4n) is 2.03. The van der Waals surface area contributed by atoms with Crippen molar-refractivity contribution in [1.82, 2.24) is 5.32 Å². The minimum atomic E-state index is -0.544. The molecule has 144 valence electrons.